The summed E-state index contributed by atoms with van der Waals surface area (Å²) in [5.74, 6) is 0. The van der Waals surface area contributed by atoms with E-state index in [1.807, 2.05) is 0 Å². The van der Waals surface area contributed by atoms with Crippen molar-refractivity contribution in [2.45, 2.75) is 89.9 Å². The maximum atomic E-state index is 3.87. The first kappa shape index (κ1) is 17.0. The van der Waals surface area contributed by atoms with Crippen LogP contribution >= 0.6 is 0 Å². The first-order valence-corrected chi connectivity index (χ1v) is 7.82. The van der Waals surface area contributed by atoms with Gasteiger partial charge in [-0.3, -0.25) is 0 Å². The zero-order valence-electron chi connectivity index (χ0n) is 11.9. The van der Waals surface area contributed by atoms with E-state index in [0.717, 1.165) is 12.8 Å². The Hall–Kier alpha value is 0. The Kier molecular flexibility index (Phi) is 16.0. The fourth-order valence-electron chi connectivity index (χ4n) is 2.14. The molecule has 0 atom stereocenters. The van der Waals surface area contributed by atoms with E-state index in [2.05, 4.69) is 20.3 Å². The Morgan fingerprint density at radius 2 is 0.882 bits per heavy atom. The summed E-state index contributed by atoms with van der Waals surface area (Å²) >= 11 is 0. The predicted molar refractivity (Wildman–Crippen MR) is 79.7 cm³/mol. The first-order chi connectivity index (χ1) is 8.41. The van der Waals surface area contributed by atoms with Crippen LogP contribution < -0.4 is 0 Å². The van der Waals surface area contributed by atoms with Gasteiger partial charge in [-0.2, -0.15) is 0 Å². The summed E-state index contributed by atoms with van der Waals surface area (Å²) in [4.78, 5) is 0. The molecule has 0 aliphatic heterocycles. The predicted octanol–water partition coefficient (Wildman–Crippen LogP) is 6.32. The highest BCUT2D eigenvalue weighted by Crippen LogP contribution is 2.12. The fourth-order valence-corrected chi connectivity index (χ4v) is 2.14. The average Bonchev–Trinajstić information content (AvgIpc) is 2.35. The molecule has 0 bridgehead atoms. The molecular weight excluding hydrogens is 204 g/mol. The molecule has 0 aromatic rings. The molecule has 0 aromatic carbocycles. The van der Waals surface area contributed by atoms with Crippen molar-refractivity contribution in [1.29, 1.82) is 0 Å². The molecule has 0 N–H and O–H groups in total. The zero-order valence-corrected chi connectivity index (χ0v) is 11.9. The quantitative estimate of drug-likeness (QED) is 0.310. The van der Waals surface area contributed by atoms with E-state index in [-0.39, 0.29) is 0 Å². The molecule has 17 heavy (non-hydrogen) atoms. The Labute approximate surface area is 111 Å². The Bertz CT molecular complexity index is 103. The van der Waals surface area contributed by atoms with Gasteiger partial charge in [-0.1, -0.05) is 104 Å². The van der Waals surface area contributed by atoms with Gasteiger partial charge in [0.1, 0.15) is 0 Å². The summed E-state index contributed by atoms with van der Waals surface area (Å²) in [5, 5.41) is 0. The minimum absolute atomic E-state index is 1.09. The van der Waals surface area contributed by atoms with Crippen LogP contribution in [0.4, 0.5) is 0 Å². The van der Waals surface area contributed by atoms with Crippen molar-refractivity contribution in [3.63, 3.8) is 0 Å². The molecule has 0 saturated carbocycles. The van der Waals surface area contributed by atoms with Crippen LogP contribution in [-0.4, -0.2) is 0 Å². The topological polar surface area (TPSA) is 0 Å². The standard InChI is InChI=1S/C17H33/c1-3-5-7-9-11-13-15-17-16-14-12-10-8-6-4-2/h9H,1-8,10-17H2. The number of rotatable bonds is 14. The molecule has 0 fully saturated rings. The molecule has 101 valence electrons. The summed E-state index contributed by atoms with van der Waals surface area (Å²) in [7, 11) is 0. The molecule has 0 rings (SSSR count). The second kappa shape index (κ2) is 16.0. The van der Waals surface area contributed by atoms with Crippen LogP contribution in [0.5, 0.6) is 0 Å². The summed E-state index contributed by atoms with van der Waals surface area (Å²) in [6.07, 6.45) is 21.3. The average molecular weight is 237 g/mol. The van der Waals surface area contributed by atoms with E-state index in [1.165, 1.54) is 77.0 Å². The molecule has 0 heteroatoms. The summed E-state index contributed by atoms with van der Waals surface area (Å²) in [6, 6.07) is 0. The molecule has 0 aromatic heterocycles. The maximum Gasteiger partial charge on any atom is -0.0386 e. The number of hydrogen-bond donors (Lipinski definition) is 0. The third kappa shape index (κ3) is 16.0. The second-order valence-corrected chi connectivity index (χ2v) is 5.11. The van der Waals surface area contributed by atoms with Gasteiger partial charge in [-0.05, 0) is 6.42 Å². The van der Waals surface area contributed by atoms with Gasteiger partial charge < -0.3 is 0 Å². The van der Waals surface area contributed by atoms with Crippen LogP contribution in [0.3, 0.4) is 0 Å². The van der Waals surface area contributed by atoms with Gasteiger partial charge in [-0.15, -0.1) is 0 Å². The lowest BCUT2D eigenvalue weighted by Crippen LogP contribution is -1.83. The van der Waals surface area contributed by atoms with Crippen LogP contribution in [0.15, 0.2) is 0 Å². The molecular formula is C17H33. The van der Waals surface area contributed by atoms with E-state index < -0.39 is 0 Å². The van der Waals surface area contributed by atoms with Crippen molar-refractivity contribution in [2.24, 2.45) is 0 Å². The fraction of sp³-hybridized carbons (Fsp3) is 0.824. The lowest BCUT2D eigenvalue weighted by atomic mass is 10.0. The van der Waals surface area contributed by atoms with Crippen molar-refractivity contribution >= 4 is 0 Å². The van der Waals surface area contributed by atoms with E-state index >= 15 is 0 Å². The molecule has 0 saturated heterocycles. The van der Waals surface area contributed by atoms with E-state index in [0.29, 0.717) is 0 Å². The lowest BCUT2D eigenvalue weighted by molar-refractivity contribution is 0.556. The summed E-state index contributed by atoms with van der Waals surface area (Å²) < 4.78 is 0. The van der Waals surface area contributed by atoms with Gasteiger partial charge in [0.05, 0.1) is 0 Å². The highest BCUT2D eigenvalue weighted by atomic mass is 14.0. The molecule has 0 spiro atoms. The monoisotopic (exact) mass is 237 g/mol. The van der Waals surface area contributed by atoms with Gasteiger partial charge in [-0.25, -0.2) is 0 Å². The summed E-state index contributed by atoms with van der Waals surface area (Å²) in [5.41, 5.74) is 0. The highest BCUT2D eigenvalue weighted by Gasteiger charge is 1.93. The largest absolute Gasteiger partial charge is 0.0533 e. The molecule has 0 heterocycles. The molecule has 3 radical (unpaired) electrons. The van der Waals surface area contributed by atoms with Gasteiger partial charge in [0, 0.05) is 0 Å². The van der Waals surface area contributed by atoms with Crippen LogP contribution in [-0.2, 0) is 0 Å². The first-order valence-electron chi connectivity index (χ1n) is 7.82. The van der Waals surface area contributed by atoms with Crippen LogP contribution in [0.1, 0.15) is 89.9 Å². The number of hydrogen-bond acceptors (Lipinski definition) is 0. The van der Waals surface area contributed by atoms with E-state index in [1.54, 1.807) is 0 Å². The molecule has 0 amide bonds. The third-order valence-corrected chi connectivity index (χ3v) is 3.32. The van der Waals surface area contributed by atoms with Gasteiger partial charge in [0.2, 0.25) is 0 Å². The molecule has 0 aliphatic rings. The molecule has 0 aliphatic carbocycles. The van der Waals surface area contributed by atoms with E-state index in [9.17, 15) is 0 Å². The molecule has 0 unspecified atom stereocenters. The van der Waals surface area contributed by atoms with Gasteiger partial charge in [0.25, 0.3) is 0 Å². The molecule has 0 nitrogen and oxygen atoms in total. The smallest absolute Gasteiger partial charge is 0.0386 e. The Balaban J connectivity index is 2.85. The van der Waals surface area contributed by atoms with Crippen molar-refractivity contribution in [1.82, 2.24) is 0 Å². The lowest BCUT2D eigenvalue weighted by Gasteiger charge is -2.02. The minimum atomic E-state index is 1.09. The number of unbranched alkanes of at least 4 members (excludes halogenated alkanes) is 14. The van der Waals surface area contributed by atoms with Crippen molar-refractivity contribution in [2.75, 3.05) is 0 Å². The SMILES string of the molecule is [CH2]CCC[CH]CCCCCCCCCCC[CH2]. The Morgan fingerprint density at radius 3 is 1.41 bits per heavy atom. The summed E-state index contributed by atoms with van der Waals surface area (Å²) in [6.45, 7) is 7.73. The highest BCUT2D eigenvalue weighted by molar-refractivity contribution is 4.64. The third-order valence-electron chi connectivity index (χ3n) is 3.32. The Morgan fingerprint density at radius 1 is 0.471 bits per heavy atom. The van der Waals surface area contributed by atoms with Crippen molar-refractivity contribution < 1.29 is 0 Å². The van der Waals surface area contributed by atoms with Crippen LogP contribution in [0.25, 0.3) is 0 Å². The van der Waals surface area contributed by atoms with E-state index in [4.69, 9.17) is 0 Å². The zero-order chi connectivity index (χ0) is 12.6. The second-order valence-electron chi connectivity index (χ2n) is 5.11. The maximum absolute atomic E-state index is 3.87. The van der Waals surface area contributed by atoms with Crippen LogP contribution in [0, 0.1) is 20.3 Å². The van der Waals surface area contributed by atoms with Gasteiger partial charge >= 0.3 is 0 Å². The van der Waals surface area contributed by atoms with Crippen molar-refractivity contribution in [3.05, 3.63) is 20.3 Å². The van der Waals surface area contributed by atoms with Gasteiger partial charge in [0.15, 0.2) is 0 Å². The normalized spacial score (nSPS) is 10.9. The minimum Gasteiger partial charge on any atom is -0.0533 e. The van der Waals surface area contributed by atoms with Crippen molar-refractivity contribution in [3.8, 4) is 0 Å². The van der Waals surface area contributed by atoms with Crippen LogP contribution in [0.2, 0.25) is 0 Å².